The molecule has 0 bridgehead atoms. The summed E-state index contributed by atoms with van der Waals surface area (Å²) >= 11 is 7.33. The molecule has 0 saturated carbocycles. The molecule has 1 N–H and O–H groups in total. The second kappa shape index (κ2) is 5.21. The molecule has 1 aromatic heterocycles. The molecule has 0 unspecified atom stereocenters. The Hall–Kier alpha value is -1.52. The van der Waals surface area contributed by atoms with Gasteiger partial charge in [0.05, 0.1) is 12.7 Å². The van der Waals surface area contributed by atoms with E-state index in [1.54, 1.807) is 18.2 Å². The minimum atomic E-state index is -0.351. The van der Waals surface area contributed by atoms with Crippen LogP contribution in [0.15, 0.2) is 35.7 Å². The van der Waals surface area contributed by atoms with Gasteiger partial charge in [-0.25, -0.2) is 4.79 Å². The normalized spacial score (nSPS) is 10.0. The van der Waals surface area contributed by atoms with Gasteiger partial charge in [0.1, 0.15) is 5.00 Å². The maximum Gasteiger partial charge on any atom is 0.340 e. The van der Waals surface area contributed by atoms with Crippen LogP contribution < -0.4 is 5.32 Å². The van der Waals surface area contributed by atoms with Crippen LogP contribution in [0.5, 0.6) is 0 Å². The summed E-state index contributed by atoms with van der Waals surface area (Å²) in [6.07, 6.45) is 0. The molecule has 0 radical (unpaired) electrons. The zero-order valence-electron chi connectivity index (χ0n) is 9.07. The van der Waals surface area contributed by atoms with Crippen LogP contribution >= 0.6 is 22.9 Å². The highest BCUT2D eigenvalue weighted by Crippen LogP contribution is 2.28. The van der Waals surface area contributed by atoms with Crippen LogP contribution in [0.25, 0.3) is 0 Å². The highest BCUT2D eigenvalue weighted by Gasteiger charge is 2.13. The number of carbonyl (C=O) groups excluding carboxylic acids is 1. The van der Waals surface area contributed by atoms with Gasteiger partial charge in [0.25, 0.3) is 0 Å². The zero-order chi connectivity index (χ0) is 12.3. The van der Waals surface area contributed by atoms with Gasteiger partial charge >= 0.3 is 5.97 Å². The van der Waals surface area contributed by atoms with E-state index in [2.05, 4.69) is 5.32 Å². The summed E-state index contributed by atoms with van der Waals surface area (Å²) in [6, 6.07) is 9.04. The summed E-state index contributed by atoms with van der Waals surface area (Å²) in [5, 5.41) is 6.37. The van der Waals surface area contributed by atoms with E-state index in [0.29, 0.717) is 10.6 Å². The number of hydrogen-bond acceptors (Lipinski definition) is 4. The summed E-state index contributed by atoms with van der Waals surface area (Å²) in [6.45, 7) is 0. The maximum absolute atomic E-state index is 11.5. The standard InChI is InChI=1S/C12H10ClNO2S/c1-16-12(15)10-5-6-17-11(10)14-9-4-2-3-8(13)7-9/h2-7,14H,1H3. The van der Waals surface area contributed by atoms with Crippen molar-refractivity contribution in [3.63, 3.8) is 0 Å². The number of methoxy groups -OCH3 is 1. The Morgan fingerprint density at radius 2 is 2.24 bits per heavy atom. The molecule has 17 heavy (non-hydrogen) atoms. The van der Waals surface area contributed by atoms with Gasteiger partial charge in [0, 0.05) is 10.7 Å². The average molecular weight is 268 g/mol. The van der Waals surface area contributed by atoms with Crippen LogP contribution in [0, 0.1) is 0 Å². The van der Waals surface area contributed by atoms with Gasteiger partial charge in [0.2, 0.25) is 0 Å². The van der Waals surface area contributed by atoms with Crippen LogP contribution in [0.2, 0.25) is 5.02 Å². The van der Waals surface area contributed by atoms with E-state index in [1.165, 1.54) is 18.4 Å². The third-order valence-electron chi connectivity index (χ3n) is 2.15. The fourth-order valence-electron chi connectivity index (χ4n) is 1.37. The van der Waals surface area contributed by atoms with E-state index in [4.69, 9.17) is 16.3 Å². The molecule has 0 aliphatic carbocycles. The smallest absolute Gasteiger partial charge is 0.340 e. The van der Waals surface area contributed by atoms with Crippen molar-refractivity contribution in [1.82, 2.24) is 0 Å². The van der Waals surface area contributed by atoms with Gasteiger partial charge in [-0.15, -0.1) is 11.3 Å². The Morgan fingerprint density at radius 3 is 2.94 bits per heavy atom. The predicted molar refractivity (Wildman–Crippen MR) is 70.4 cm³/mol. The molecule has 0 aliphatic rings. The maximum atomic E-state index is 11.5. The number of carbonyl (C=O) groups is 1. The van der Waals surface area contributed by atoms with Gasteiger partial charge in [-0.1, -0.05) is 17.7 Å². The molecule has 0 fully saturated rings. The van der Waals surface area contributed by atoms with Crippen LogP contribution in [-0.4, -0.2) is 13.1 Å². The third-order valence-corrected chi connectivity index (χ3v) is 3.22. The first-order valence-electron chi connectivity index (χ1n) is 4.89. The number of hydrogen-bond donors (Lipinski definition) is 1. The van der Waals surface area contributed by atoms with Crippen molar-refractivity contribution in [2.24, 2.45) is 0 Å². The molecule has 1 heterocycles. The Labute approximate surface area is 108 Å². The van der Waals surface area contributed by atoms with Crippen molar-refractivity contribution in [3.8, 4) is 0 Å². The van der Waals surface area contributed by atoms with Crippen molar-refractivity contribution in [2.45, 2.75) is 0 Å². The first-order chi connectivity index (χ1) is 8.20. The van der Waals surface area contributed by atoms with E-state index in [9.17, 15) is 4.79 Å². The number of ether oxygens (including phenoxy) is 1. The largest absolute Gasteiger partial charge is 0.465 e. The number of benzene rings is 1. The van der Waals surface area contributed by atoms with Crippen molar-refractivity contribution in [1.29, 1.82) is 0 Å². The van der Waals surface area contributed by atoms with Gasteiger partial charge in [-0.05, 0) is 29.6 Å². The number of rotatable bonds is 3. The quantitative estimate of drug-likeness (QED) is 0.857. The fraction of sp³-hybridized carbons (Fsp3) is 0.0833. The molecule has 0 spiro atoms. The SMILES string of the molecule is COC(=O)c1ccsc1Nc1cccc(Cl)c1. The van der Waals surface area contributed by atoms with Crippen LogP contribution in [-0.2, 0) is 4.74 Å². The molecule has 2 aromatic rings. The van der Waals surface area contributed by atoms with Crippen LogP contribution in [0.3, 0.4) is 0 Å². The summed E-state index contributed by atoms with van der Waals surface area (Å²) in [5.41, 5.74) is 1.36. The van der Waals surface area contributed by atoms with Gasteiger partial charge < -0.3 is 10.1 Å². The lowest BCUT2D eigenvalue weighted by molar-refractivity contribution is 0.0602. The van der Waals surface area contributed by atoms with Gasteiger partial charge in [-0.3, -0.25) is 0 Å². The van der Waals surface area contributed by atoms with Gasteiger partial charge in [-0.2, -0.15) is 0 Å². The van der Waals surface area contributed by atoms with Crippen molar-refractivity contribution < 1.29 is 9.53 Å². The molecule has 1 aromatic carbocycles. The first kappa shape index (κ1) is 12.0. The molecule has 0 amide bonds. The van der Waals surface area contributed by atoms with Crippen LogP contribution in [0.4, 0.5) is 10.7 Å². The predicted octanol–water partition coefficient (Wildman–Crippen LogP) is 3.93. The highest BCUT2D eigenvalue weighted by atomic mass is 35.5. The average Bonchev–Trinajstić information content (AvgIpc) is 2.76. The molecule has 88 valence electrons. The zero-order valence-corrected chi connectivity index (χ0v) is 10.6. The van der Waals surface area contributed by atoms with Crippen molar-refractivity contribution >= 4 is 39.6 Å². The number of nitrogens with one attached hydrogen (secondary N) is 1. The number of anilines is 2. The van der Waals surface area contributed by atoms with E-state index < -0.39 is 0 Å². The minimum Gasteiger partial charge on any atom is -0.465 e. The van der Waals surface area contributed by atoms with E-state index in [0.717, 1.165) is 10.7 Å². The number of thiophene rings is 1. The molecule has 0 atom stereocenters. The monoisotopic (exact) mass is 267 g/mol. The summed E-state index contributed by atoms with van der Waals surface area (Å²) in [4.78, 5) is 11.5. The highest BCUT2D eigenvalue weighted by molar-refractivity contribution is 7.14. The lowest BCUT2D eigenvalue weighted by atomic mass is 10.3. The van der Waals surface area contributed by atoms with Crippen molar-refractivity contribution in [3.05, 3.63) is 46.3 Å². The molecule has 0 saturated heterocycles. The summed E-state index contributed by atoms with van der Waals surface area (Å²) in [7, 11) is 1.36. The third kappa shape index (κ3) is 2.78. The Kier molecular flexibility index (Phi) is 3.66. The molecular weight excluding hydrogens is 258 g/mol. The second-order valence-electron chi connectivity index (χ2n) is 3.29. The molecular formula is C12H10ClNO2S. The topological polar surface area (TPSA) is 38.3 Å². The Balaban J connectivity index is 2.25. The molecule has 3 nitrogen and oxygen atoms in total. The molecule has 2 rings (SSSR count). The number of halogens is 1. The van der Waals surface area contributed by atoms with E-state index in [-0.39, 0.29) is 5.97 Å². The lowest BCUT2D eigenvalue weighted by Crippen LogP contribution is -2.02. The lowest BCUT2D eigenvalue weighted by Gasteiger charge is -2.06. The Bertz CT molecular complexity index is 539. The summed E-state index contributed by atoms with van der Waals surface area (Å²) < 4.78 is 4.70. The molecule has 0 aliphatic heterocycles. The van der Waals surface area contributed by atoms with Crippen molar-refractivity contribution in [2.75, 3.05) is 12.4 Å². The van der Waals surface area contributed by atoms with Gasteiger partial charge in [0.15, 0.2) is 0 Å². The summed E-state index contributed by atoms with van der Waals surface area (Å²) in [5.74, 6) is -0.351. The fourth-order valence-corrected chi connectivity index (χ4v) is 2.36. The minimum absolute atomic E-state index is 0.351. The molecule has 5 heteroatoms. The number of esters is 1. The second-order valence-corrected chi connectivity index (χ2v) is 4.64. The Morgan fingerprint density at radius 1 is 1.41 bits per heavy atom. The van der Waals surface area contributed by atoms with Crippen LogP contribution in [0.1, 0.15) is 10.4 Å². The first-order valence-corrected chi connectivity index (χ1v) is 6.15. The van der Waals surface area contributed by atoms with E-state index in [1.807, 2.05) is 17.5 Å². The van der Waals surface area contributed by atoms with E-state index >= 15 is 0 Å².